The van der Waals surface area contributed by atoms with Crippen LogP contribution in [0.25, 0.3) is 0 Å². The molecule has 6 heteroatoms. The Hall–Kier alpha value is -1.82. The fourth-order valence-corrected chi connectivity index (χ4v) is 2.33. The van der Waals surface area contributed by atoms with E-state index in [0.717, 1.165) is 31.6 Å². The first kappa shape index (κ1) is 14.6. The van der Waals surface area contributed by atoms with Crippen molar-refractivity contribution in [1.82, 2.24) is 4.90 Å². The van der Waals surface area contributed by atoms with Crippen LogP contribution < -0.4 is 5.32 Å². The Morgan fingerprint density at radius 2 is 2.20 bits per heavy atom. The zero-order valence-corrected chi connectivity index (χ0v) is 10.9. The Bertz CT molecular complexity index is 508. The number of anilines is 1. The van der Waals surface area contributed by atoms with Crippen LogP contribution in [0.3, 0.4) is 0 Å². The molecule has 4 nitrogen and oxygen atoms in total. The quantitative estimate of drug-likeness (QED) is 0.859. The molecule has 1 atom stereocenters. The zero-order valence-electron chi connectivity index (χ0n) is 10.9. The minimum Gasteiger partial charge on any atom is -0.322 e. The summed E-state index contributed by atoms with van der Waals surface area (Å²) in [6.07, 6.45) is 3.48. The van der Waals surface area contributed by atoms with Gasteiger partial charge in [-0.3, -0.25) is 9.69 Å². The van der Waals surface area contributed by atoms with Gasteiger partial charge in [0.2, 0.25) is 5.91 Å². The molecule has 20 heavy (non-hydrogen) atoms. The Morgan fingerprint density at radius 3 is 2.90 bits per heavy atom. The molecule has 1 amide bonds. The average Bonchev–Trinajstić information content (AvgIpc) is 2.42. The lowest BCUT2D eigenvalue weighted by molar-refractivity contribution is -0.120. The molecule has 1 fully saturated rings. The van der Waals surface area contributed by atoms with Crippen LogP contribution >= 0.6 is 0 Å². The van der Waals surface area contributed by atoms with E-state index in [4.69, 9.17) is 0 Å². The van der Waals surface area contributed by atoms with E-state index in [0.29, 0.717) is 12.6 Å². The Morgan fingerprint density at radius 1 is 1.40 bits per heavy atom. The van der Waals surface area contributed by atoms with Crippen LogP contribution in [0.5, 0.6) is 0 Å². The third-order valence-electron chi connectivity index (χ3n) is 3.37. The van der Waals surface area contributed by atoms with E-state index in [1.165, 1.54) is 6.07 Å². The van der Waals surface area contributed by atoms with E-state index in [2.05, 4.69) is 5.32 Å². The molecule has 1 aromatic rings. The highest BCUT2D eigenvalue weighted by Gasteiger charge is 2.23. The second-order valence-corrected chi connectivity index (χ2v) is 4.84. The number of hydrogen-bond acceptors (Lipinski definition) is 3. The highest BCUT2D eigenvalue weighted by molar-refractivity contribution is 5.92. The van der Waals surface area contributed by atoms with E-state index in [1.807, 2.05) is 0 Å². The molecule has 1 aliphatic heterocycles. The molecule has 0 aliphatic carbocycles. The number of carbonyl (C=O) groups excluding carboxylic acids is 2. The maximum absolute atomic E-state index is 13.4. The van der Waals surface area contributed by atoms with Crippen molar-refractivity contribution in [2.45, 2.75) is 25.3 Å². The summed E-state index contributed by atoms with van der Waals surface area (Å²) in [6.45, 7) is 0.697. The van der Waals surface area contributed by atoms with E-state index < -0.39 is 17.5 Å². The van der Waals surface area contributed by atoms with Gasteiger partial charge in [-0.1, -0.05) is 6.42 Å². The number of nitrogens with zero attached hydrogens (tertiary/aromatic N) is 1. The van der Waals surface area contributed by atoms with Crippen LogP contribution in [0, 0.1) is 11.6 Å². The molecule has 1 aliphatic rings. The topological polar surface area (TPSA) is 49.4 Å². The van der Waals surface area contributed by atoms with Gasteiger partial charge in [0.05, 0.1) is 18.3 Å². The van der Waals surface area contributed by atoms with Gasteiger partial charge in [-0.05, 0) is 31.5 Å². The molecular weight excluding hydrogens is 266 g/mol. The predicted molar refractivity (Wildman–Crippen MR) is 70.3 cm³/mol. The van der Waals surface area contributed by atoms with Gasteiger partial charge in [0.15, 0.2) is 0 Å². The maximum Gasteiger partial charge on any atom is 0.238 e. The van der Waals surface area contributed by atoms with Gasteiger partial charge >= 0.3 is 0 Å². The smallest absolute Gasteiger partial charge is 0.238 e. The molecule has 108 valence electrons. The lowest BCUT2D eigenvalue weighted by Gasteiger charge is -2.31. The lowest BCUT2D eigenvalue weighted by atomic mass is 10.0. The van der Waals surface area contributed by atoms with Crippen molar-refractivity contribution in [3.05, 3.63) is 29.8 Å². The fraction of sp³-hybridized carbons (Fsp3) is 0.429. The molecule has 0 bridgehead atoms. The van der Waals surface area contributed by atoms with Crippen LogP contribution in [-0.4, -0.2) is 36.2 Å². The van der Waals surface area contributed by atoms with Crippen LogP contribution in [0.2, 0.25) is 0 Å². The number of piperidine rings is 1. The maximum atomic E-state index is 13.4. The molecule has 1 unspecified atom stereocenters. The van der Waals surface area contributed by atoms with Crippen LogP contribution in [0.1, 0.15) is 19.3 Å². The van der Waals surface area contributed by atoms with E-state index in [-0.39, 0.29) is 18.3 Å². The number of carbonyl (C=O) groups is 2. The van der Waals surface area contributed by atoms with Crippen LogP contribution in [0.15, 0.2) is 18.2 Å². The molecule has 2 rings (SSSR count). The van der Waals surface area contributed by atoms with E-state index in [1.54, 1.807) is 4.90 Å². The van der Waals surface area contributed by atoms with Gasteiger partial charge in [0, 0.05) is 6.07 Å². The van der Waals surface area contributed by atoms with Crippen molar-refractivity contribution in [2.75, 3.05) is 18.4 Å². The molecule has 0 saturated carbocycles. The van der Waals surface area contributed by atoms with Gasteiger partial charge in [-0.15, -0.1) is 0 Å². The standard InChI is InChI=1S/C14H16F2N2O2/c15-10-4-5-13(12(16)7-10)17-14(20)8-18-6-2-1-3-11(18)9-19/h4-5,7,9,11H,1-3,6,8H2,(H,17,20). The predicted octanol–water partition coefficient (Wildman–Crippen LogP) is 1.96. The summed E-state index contributed by atoms with van der Waals surface area (Å²) in [7, 11) is 0. The first-order chi connectivity index (χ1) is 9.60. The van der Waals surface area contributed by atoms with Crippen molar-refractivity contribution >= 4 is 17.9 Å². The van der Waals surface area contributed by atoms with Gasteiger partial charge in [-0.2, -0.15) is 0 Å². The van der Waals surface area contributed by atoms with Crippen LogP contribution in [-0.2, 0) is 9.59 Å². The summed E-state index contributed by atoms with van der Waals surface area (Å²) in [5.74, 6) is -1.93. The number of likely N-dealkylation sites (tertiary alicyclic amines) is 1. The third kappa shape index (κ3) is 3.60. The molecule has 1 N–H and O–H groups in total. The zero-order chi connectivity index (χ0) is 14.5. The average molecular weight is 282 g/mol. The van der Waals surface area contributed by atoms with Gasteiger partial charge in [0.1, 0.15) is 17.9 Å². The minimum atomic E-state index is -0.816. The van der Waals surface area contributed by atoms with Gasteiger partial charge < -0.3 is 10.1 Å². The number of aldehydes is 1. The minimum absolute atomic E-state index is 0.0280. The highest BCUT2D eigenvalue weighted by atomic mass is 19.1. The largest absolute Gasteiger partial charge is 0.322 e. The number of amides is 1. The number of halogens is 2. The number of benzene rings is 1. The molecular formula is C14H16F2N2O2. The monoisotopic (exact) mass is 282 g/mol. The first-order valence-electron chi connectivity index (χ1n) is 6.54. The van der Waals surface area contributed by atoms with Crippen molar-refractivity contribution in [3.8, 4) is 0 Å². The summed E-state index contributed by atoms with van der Waals surface area (Å²) in [6, 6.07) is 2.71. The lowest BCUT2D eigenvalue weighted by Crippen LogP contribution is -2.44. The van der Waals surface area contributed by atoms with Crippen molar-refractivity contribution in [1.29, 1.82) is 0 Å². The van der Waals surface area contributed by atoms with Crippen molar-refractivity contribution in [3.63, 3.8) is 0 Å². The number of rotatable bonds is 4. The number of nitrogens with one attached hydrogen (secondary N) is 1. The fourth-order valence-electron chi connectivity index (χ4n) is 2.33. The van der Waals surface area contributed by atoms with Gasteiger partial charge in [0.25, 0.3) is 0 Å². The van der Waals surface area contributed by atoms with E-state index >= 15 is 0 Å². The van der Waals surface area contributed by atoms with E-state index in [9.17, 15) is 18.4 Å². The number of hydrogen-bond donors (Lipinski definition) is 1. The first-order valence-corrected chi connectivity index (χ1v) is 6.54. The van der Waals surface area contributed by atoms with Gasteiger partial charge in [-0.25, -0.2) is 8.78 Å². The molecule has 1 saturated heterocycles. The molecule has 0 spiro atoms. The van der Waals surface area contributed by atoms with Crippen LogP contribution in [0.4, 0.5) is 14.5 Å². The normalized spacial score (nSPS) is 19.6. The third-order valence-corrected chi connectivity index (χ3v) is 3.37. The SMILES string of the molecule is O=CC1CCCCN1CC(=O)Nc1ccc(F)cc1F. The van der Waals surface area contributed by atoms with Crippen molar-refractivity contribution in [2.24, 2.45) is 0 Å². The summed E-state index contributed by atoms with van der Waals surface area (Å²) >= 11 is 0. The summed E-state index contributed by atoms with van der Waals surface area (Å²) in [5, 5.41) is 2.39. The second-order valence-electron chi connectivity index (χ2n) is 4.84. The highest BCUT2D eigenvalue weighted by Crippen LogP contribution is 2.17. The molecule has 1 aromatic carbocycles. The molecule has 0 aromatic heterocycles. The Balaban J connectivity index is 1.96. The Labute approximate surface area is 115 Å². The Kier molecular flexibility index (Phi) is 4.79. The molecule has 0 radical (unpaired) electrons. The summed E-state index contributed by atoms with van der Waals surface area (Å²) in [5.41, 5.74) is -0.0592. The second kappa shape index (κ2) is 6.56. The summed E-state index contributed by atoms with van der Waals surface area (Å²) in [4.78, 5) is 24.5. The van der Waals surface area contributed by atoms with Crippen molar-refractivity contribution < 1.29 is 18.4 Å². The summed E-state index contributed by atoms with van der Waals surface area (Å²) < 4.78 is 26.2. The molecule has 1 heterocycles.